The van der Waals surface area contributed by atoms with Gasteiger partial charge < -0.3 is 4.74 Å². The lowest BCUT2D eigenvalue weighted by Crippen LogP contribution is -2.35. The first kappa shape index (κ1) is 15.2. The fraction of sp³-hybridized carbons (Fsp3) is 0.500. The van der Waals surface area contributed by atoms with Gasteiger partial charge in [-0.2, -0.15) is 5.26 Å². The molecule has 0 fully saturated rings. The van der Waals surface area contributed by atoms with Crippen molar-refractivity contribution in [1.29, 1.82) is 5.26 Å². The molecule has 2 atom stereocenters. The summed E-state index contributed by atoms with van der Waals surface area (Å²) in [6.07, 6.45) is 1.44. The smallest absolute Gasteiger partial charge is 0.323 e. The van der Waals surface area contributed by atoms with Crippen molar-refractivity contribution < 1.29 is 9.53 Å². The molecule has 19 heavy (non-hydrogen) atoms. The molecule has 3 heteroatoms. The second-order valence-corrected chi connectivity index (χ2v) is 4.98. The number of nitrogens with zero attached hydrogens (tertiary/aromatic N) is 1. The Bertz CT molecular complexity index is 450. The van der Waals surface area contributed by atoms with Gasteiger partial charge >= 0.3 is 5.97 Å². The number of nitriles is 1. The van der Waals surface area contributed by atoms with Crippen LogP contribution >= 0.6 is 0 Å². The molecule has 0 saturated heterocycles. The average Bonchev–Trinajstić information content (AvgIpc) is 2.41. The maximum atomic E-state index is 11.9. The lowest BCUT2D eigenvalue weighted by atomic mass is 9.71. The highest BCUT2D eigenvalue weighted by Gasteiger charge is 2.39. The molecule has 0 aromatic heterocycles. The minimum absolute atomic E-state index is 0.308. The van der Waals surface area contributed by atoms with Crippen LogP contribution in [-0.2, 0) is 16.0 Å². The first-order chi connectivity index (χ1) is 9.07. The molecule has 0 saturated carbocycles. The van der Waals surface area contributed by atoms with E-state index in [0.717, 1.165) is 12.0 Å². The number of esters is 1. The number of rotatable bonds is 6. The number of hydrogen-bond acceptors (Lipinski definition) is 3. The first-order valence-electron chi connectivity index (χ1n) is 6.67. The number of carbonyl (C=O) groups excluding carboxylic acids is 1. The zero-order valence-corrected chi connectivity index (χ0v) is 11.8. The zero-order chi connectivity index (χ0) is 14.3. The number of hydrogen-bond donors (Lipinski definition) is 0. The van der Waals surface area contributed by atoms with E-state index in [4.69, 9.17) is 4.74 Å². The second-order valence-electron chi connectivity index (χ2n) is 4.98. The standard InChI is InChI=1S/C16H21NO2/c1-4-16(3,11-13-9-7-6-8-10-13)14(12-17)15(18)19-5-2/h6-10,14H,4-5,11H2,1-3H3/t14-,16+/m0/s1. The van der Waals surface area contributed by atoms with E-state index in [0.29, 0.717) is 13.0 Å². The molecule has 0 aliphatic rings. The van der Waals surface area contributed by atoms with Crippen molar-refractivity contribution in [1.82, 2.24) is 0 Å². The largest absolute Gasteiger partial charge is 0.465 e. The Morgan fingerprint density at radius 3 is 2.47 bits per heavy atom. The molecule has 0 aliphatic carbocycles. The molecule has 1 aromatic carbocycles. The Kier molecular flexibility index (Phi) is 5.57. The van der Waals surface area contributed by atoms with Gasteiger partial charge in [-0.25, -0.2) is 0 Å². The van der Waals surface area contributed by atoms with E-state index in [2.05, 4.69) is 6.07 Å². The molecule has 102 valence electrons. The predicted octanol–water partition coefficient (Wildman–Crippen LogP) is 3.35. The first-order valence-corrected chi connectivity index (χ1v) is 6.67. The Morgan fingerprint density at radius 2 is 2.00 bits per heavy atom. The topological polar surface area (TPSA) is 50.1 Å². The molecule has 0 aliphatic heterocycles. The Balaban J connectivity index is 2.95. The molecular weight excluding hydrogens is 238 g/mol. The lowest BCUT2D eigenvalue weighted by Gasteiger charge is -2.31. The minimum Gasteiger partial charge on any atom is -0.465 e. The summed E-state index contributed by atoms with van der Waals surface area (Å²) in [6, 6.07) is 12.1. The summed E-state index contributed by atoms with van der Waals surface area (Å²) < 4.78 is 5.02. The maximum absolute atomic E-state index is 11.9. The summed E-state index contributed by atoms with van der Waals surface area (Å²) in [6.45, 7) is 6.05. The van der Waals surface area contributed by atoms with Gasteiger partial charge in [-0.1, -0.05) is 44.2 Å². The van der Waals surface area contributed by atoms with Crippen molar-refractivity contribution in [3.05, 3.63) is 35.9 Å². The summed E-state index contributed by atoms with van der Waals surface area (Å²) in [5.41, 5.74) is 0.735. The molecule has 0 radical (unpaired) electrons. The highest BCUT2D eigenvalue weighted by Crippen LogP contribution is 2.35. The molecule has 0 heterocycles. The summed E-state index contributed by atoms with van der Waals surface area (Å²) >= 11 is 0. The van der Waals surface area contributed by atoms with Crippen LogP contribution in [0.2, 0.25) is 0 Å². The molecule has 0 spiro atoms. The molecule has 1 rings (SSSR count). The number of benzene rings is 1. The lowest BCUT2D eigenvalue weighted by molar-refractivity contribution is -0.149. The third-order valence-electron chi connectivity index (χ3n) is 3.61. The zero-order valence-electron chi connectivity index (χ0n) is 11.8. The highest BCUT2D eigenvalue weighted by atomic mass is 16.5. The van der Waals surface area contributed by atoms with E-state index in [-0.39, 0.29) is 0 Å². The average molecular weight is 259 g/mol. The van der Waals surface area contributed by atoms with Crippen LogP contribution in [0.4, 0.5) is 0 Å². The Morgan fingerprint density at radius 1 is 1.37 bits per heavy atom. The predicted molar refractivity (Wildman–Crippen MR) is 74.3 cm³/mol. The van der Waals surface area contributed by atoms with E-state index >= 15 is 0 Å². The summed E-state index contributed by atoms with van der Waals surface area (Å²) in [7, 11) is 0. The van der Waals surface area contributed by atoms with Crippen LogP contribution in [0.25, 0.3) is 0 Å². The molecule has 0 unspecified atom stereocenters. The Hall–Kier alpha value is -1.82. The van der Waals surface area contributed by atoms with Gasteiger partial charge in [-0.3, -0.25) is 4.79 Å². The third-order valence-corrected chi connectivity index (χ3v) is 3.61. The fourth-order valence-electron chi connectivity index (χ4n) is 2.21. The Labute approximate surface area is 115 Å². The van der Waals surface area contributed by atoms with Crippen LogP contribution < -0.4 is 0 Å². The maximum Gasteiger partial charge on any atom is 0.323 e. The summed E-state index contributed by atoms with van der Waals surface area (Å²) in [5, 5.41) is 9.32. The monoisotopic (exact) mass is 259 g/mol. The van der Waals surface area contributed by atoms with Crippen LogP contribution in [0.15, 0.2) is 30.3 Å². The fourth-order valence-corrected chi connectivity index (χ4v) is 2.21. The van der Waals surface area contributed by atoms with Crippen molar-refractivity contribution in [2.75, 3.05) is 6.61 Å². The van der Waals surface area contributed by atoms with E-state index in [9.17, 15) is 10.1 Å². The van der Waals surface area contributed by atoms with Crippen LogP contribution in [-0.4, -0.2) is 12.6 Å². The van der Waals surface area contributed by atoms with E-state index < -0.39 is 17.3 Å². The van der Waals surface area contributed by atoms with Gasteiger partial charge in [-0.15, -0.1) is 0 Å². The number of carbonyl (C=O) groups is 1. The van der Waals surface area contributed by atoms with Gasteiger partial charge in [0.1, 0.15) is 5.92 Å². The van der Waals surface area contributed by atoms with Gasteiger partial charge in [0.25, 0.3) is 0 Å². The molecule has 1 aromatic rings. The molecular formula is C16H21NO2. The third kappa shape index (κ3) is 3.82. The van der Waals surface area contributed by atoms with Gasteiger partial charge in [0.15, 0.2) is 0 Å². The van der Waals surface area contributed by atoms with Crippen molar-refractivity contribution in [3.8, 4) is 6.07 Å². The van der Waals surface area contributed by atoms with E-state index in [1.165, 1.54) is 0 Å². The molecule has 0 N–H and O–H groups in total. The van der Waals surface area contributed by atoms with Crippen molar-refractivity contribution in [2.24, 2.45) is 11.3 Å². The quantitative estimate of drug-likeness (QED) is 0.736. The normalized spacial score (nSPS) is 15.1. The van der Waals surface area contributed by atoms with Gasteiger partial charge in [0.2, 0.25) is 0 Å². The summed E-state index contributed by atoms with van der Waals surface area (Å²) in [5.74, 6) is -1.14. The molecule has 0 bridgehead atoms. The minimum atomic E-state index is -0.724. The van der Waals surface area contributed by atoms with Crippen molar-refractivity contribution >= 4 is 5.97 Å². The van der Waals surface area contributed by atoms with Crippen LogP contribution in [0, 0.1) is 22.7 Å². The van der Waals surface area contributed by atoms with Gasteiger partial charge in [0, 0.05) is 0 Å². The summed E-state index contributed by atoms with van der Waals surface area (Å²) in [4.78, 5) is 11.9. The molecule has 0 amide bonds. The van der Waals surface area contributed by atoms with Gasteiger partial charge in [0.05, 0.1) is 12.7 Å². The van der Waals surface area contributed by atoms with Crippen LogP contribution in [0.3, 0.4) is 0 Å². The number of ether oxygens (including phenoxy) is 1. The second kappa shape index (κ2) is 6.94. The van der Waals surface area contributed by atoms with E-state index in [1.54, 1.807) is 6.92 Å². The van der Waals surface area contributed by atoms with E-state index in [1.807, 2.05) is 44.2 Å². The van der Waals surface area contributed by atoms with Crippen molar-refractivity contribution in [2.45, 2.75) is 33.6 Å². The SMILES string of the molecule is CCOC(=O)[C@H](C#N)[C@](C)(CC)Cc1ccccc1. The van der Waals surface area contributed by atoms with Crippen LogP contribution in [0.1, 0.15) is 32.8 Å². The van der Waals surface area contributed by atoms with Gasteiger partial charge in [-0.05, 0) is 30.7 Å². The highest BCUT2D eigenvalue weighted by molar-refractivity contribution is 5.76. The molecule has 3 nitrogen and oxygen atoms in total. The van der Waals surface area contributed by atoms with Crippen LogP contribution in [0.5, 0.6) is 0 Å². The van der Waals surface area contributed by atoms with Crippen molar-refractivity contribution in [3.63, 3.8) is 0 Å².